The Morgan fingerprint density at radius 1 is 1.33 bits per heavy atom. The number of aryl methyl sites for hydroxylation is 1. The van der Waals surface area contributed by atoms with E-state index in [-0.39, 0.29) is 0 Å². The average molecular weight is 350 g/mol. The van der Waals surface area contributed by atoms with Crippen molar-refractivity contribution < 1.29 is 9.90 Å². The van der Waals surface area contributed by atoms with Crippen molar-refractivity contribution in [3.63, 3.8) is 0 Å². The second kappa shape index (κ2) is 6.57. The molecule has 1 heterocycles. The molecule has 6 heteroatoms. The van der Waals surface area contributed by atoms with E-state index < -0.39 is 16.9 Å². The van der Waals surface area contributed by atoms with Gasteiger partial charge in [0.15, 0.2) is 0 Å². The molecular formula is C18H24ClN3O2. The molecule has 0 saturated heterocycles. The predicted octanol–water partition coefficient (Wildman–Crippen LogP) is 3.81. The van der Waals surface area contributed by atoms with Crippen molar-refractivity contribution >= 4 is 17.6 Å². The molecule has 0 unspecified atom stereocenters. The molecule has 0 aliphatic carbocycles. The molecule has 1 aromatic heterocycles. The Hall–Kier alpha value is -1.85. The van der Waals surface area contributed by atoms with Crippen molar-refractivity contribution in [1.29, 1.82) is 0 Å². The summed E-state index contributed by atoms with van der Waals surface area (Å²) in [7, 11) is 0. The van der Waals surface area contributed by atoms with Crippen LogP contribution in [0.2, 0.25) is 5.02 Å². The maximum absolute atomic E-state index is 11.5. The van der Waals surface area contributed by atoms with Gasteiger partial charge in [-0.3, -0.25) is 4.79 Å². The number of aromatic nitrogens is 2. The molecule has 2 N–H and O–H groups in total. The van der Waals surface area contributed by atoms with E-state index in [2.05, 4.69) is 10.4 Å². The maximum Gasteiger partial charge on any atom is 0.310 e. The van der Waals surface area contributed by atoms with E-state index >= 15 is 0 Å². The molecule has 0 saturated carbocycles. The van der Waals surface area contributed by atoms with Crippen LogP contribution in [-0.4, -0.2) is 26.4 Å². The fraction of sp³-hybridized carbons (Fsp3) is 0.444. The Bertz CT molecular complexity index is 750. The first-order valence-corrected chi connectivity index (χ1v) is 8.21. The van der Waals surface area contributed by atoms with Crippen molar-refractivity contribution in [2.24, 2.45) is 5.41 Å². The number of carboxylic acid groups (broad SMARTS) is 1. The summed E-state index contributed by atoms with van der Waals surface area (Å²) >= 11 is 5.91. The fourth-order valence-corrected chi connectivity index (χ4v) is 2.40. The molecule has 0 bridgehead atoms. The molecule has 0 amide bonds. The molecule has 0 aliphatic rings. The van der Waals surface area contributed by atoms with Crippen molar-refractivity contribution in [2.45, 2.75) is 46.7 Å². The topological polar surface area (TPSA) is 67.2 Å². The normalized spacial score (nSPS) is 12.4. The molecule has 0 fully saturated rings. The highest BCUT2D eigenvalue weighted by Gasteiger charge is 2.43. The number of aliphatic carboxylic acids is 1. The first-order chi connectivity index (χ1) is 11.0. The number of nitrogens with one attached hydrogen (secondary N) is 1. The van der Waals surface area contributed by atoms with Gasteiger partial charge in [0.05, 0.1) is 22.3 Å². The van der Waals surface area contributed by atoms with Crippen molar-refractivity contribution in [2.75, 3.05) is 0 Å². The van der Waals surface area contributed by atoms with Crippen LogP contribution < -0.4 is 5.32 Å². The zero-order valence-corrected chi connectivity index (χ0v) is 15.5. The number of hydrogen-bond acceptors (Lipinski definition) is 3. The molecule has 2 aromatic rings. The Morgan fingerprint density at radius 3 is 2.50 bits per heavy atom. The van der Waals surface area contributed by atoms with Crippen molar-refractivity contribution in [1.82, 2.24) is 15.1 Å². The summed E-state index contributed by atoms with van der Waals surface area (Å²) in [6.07, 6.45) is 3.36. The predicted molar refractivity (Wildman–Crippen MR) is 95.6 cm³/mol. The standard InChI is InChI=1S/C18H24ClN3O2/c1-12-8-15(22-11-14(19)10-21-22)7-6-13(12)9-20-18(4,5)17(2,3)16(23)24/h6-8,10-11,20H,9H2,1-5H3,(H,23,24). The lowest BCUT2D eigenvalue weighted by molar-refractivity contribution is -0.151. The third kappa shape index (κ3) is 3.62. The summed E-state index contributed by atoms with van der Waals surface area (Å²) in [5.74, 6) is -0.817. The Labute approximate surface area is 147 Å². The van der Waals surface area contributed by atoms with Crippen LogP contribution in [-0.2, 0) is 11.3 Å². The minimum Gasteiger partial charge on any atom is -0.481 e. The summed E-state index contributed by atoms with van der Waals surface area (Å²) in [5.41, 5.74) is 1.72. The average Bonchev–Trinajstić information content (AvgIpc) is 2.92. The van der Waals surface area contributed by atoms with Crippen LogP contribution in [0.25, 0.3) is 5.69 Å². The van der Waals surface area contributed by atoms with Gasteiger partial charge in [-0.25, -0.2) is 4.68 Å². The third-order valence-corrected chi connectivity index (χ3v) is 5.15. The molecule has 1 aromatic carbocycles. The van der Waals surface area contributed by atoms with Gasteiger partial charge in [-0.05, 0) is 57.9 Å². The molecule has 130 valence electrons. The van der Waals surface area contributed by atoms with Gasteiger partial charge in [0.1, 0.15) is 0 Å². The third-order valence-electron chi connectivity index (χ3n) is 4.96. The number of rotatable bonds is 6. The molecule has 2 rings (SSSR count). The SMILES string of the molecule is Cc1cc(-n2cc(Cl)cn2)ccc1CNC(C)(C)C(C)(C)C(=O)O. The lowest BCUT2D eigenvalue weighted by Gasteiger charge is -2.39. The highest BCUT2D eigenvalue weighted by Crippen LogP contribution is 2.31. The minimum atomic E-state index is -0.882. The lowest BCUT2D eigenvalue weighted by Crippen LogP contribution is -2.54. The van der Waals surface area contributed by atoms with Gasteiger partial charge in [-0.1, -0.05) is 17.7 Å². The minimum absolute atomic E-state index is 0.556. The molecule has 0 atom stereocenters. The Balaban J connectivity index is 2.15. The van der Waals surface area contributed by atoms with E-state index in [0.29, 0.717) is 11.6 Å². The summed E-state index contributed by atoms with van der Waals surface area (Å²) in [4.78, 5) is 11.5. The van der Waals surface area contributed by atoms with E-state index in [1.165, 1.54) is 0 Å². The van der Waals surface area contributed by atoms with E-state index in [4.69, 9.17) is 11.6 Å². The summed E-state index contributed by atoms with van der Waals surface area (Å²) < 4.78 is 1.73. The number of carbonyl (C=O) groups is 1. The van der Waals surface area contributed by atoms with Gasteiger partial charge in [0, 0.05) is 18.3 Å². The van der Waals surface area contributed by atoms with Gasteiger partial charge >= 0.3 is 5.97 Å². The number of hydrogen-bond donors (Lipinski definition) is 2. The Morgan fingerprint density at radius 2 is 2.00 bits per heavy atom. The number of benzene rings is 1. The summed E-state index contributed by atoms with van der Waals surface area (Å²) in [5, 5.41) is 17.6. The highest BCUT2D eigenvalue weighted by molar-refractivity contribution is 6.30. The highest BCUT2D eigenvalue weighted by atomic mass is 35.5. The molecule has 0 radical (unpaired) electrons. The fourth-order valence-electron chi connectivity index (χ4n) is 2.27. The maximum atomic E-state index is 11.5. The lowest BCUT2D eigenvalue weighted by atomic mass is 9.74. The molecule has 5 nitrogen and oxygen atoms in total. The van der Waals surface area contributed by atoms with Gasteiger partial charge < -0.3 is 10.4 Å². The Kier molecular flexibility index (Phi) is 5.06. The van der Waals surface area contributed by atoms with E-state index in [1.54, 1.807) is 30.9 Å². The monoisotopic (exact) mass is 349 g/mol. The first-order valence-electron chi connectivity index (χ1n) is 7.83. The van der Waals surface area contributed by atoms with Crippen LogP contribution in [0.5, 0.6) is 0 Å². The number of halogens is 1. The second-order valence-electron chi connectivity index (χ2n) is 7.12. The van der Waals surface area contributed by atoms with Crippen LogP contribution in [0, 0.1) is 12.3 Å². The quantitative estimate of drug-likeness (QED) is 0.832. The number of carboxylic acids is 1. The van der Waals surface area contributed by atoms with Crippen LogP contribution in [0.4, 0.5) is 0 Å². The summed E-state index contributed by atoms with van der Waals surface area (Å²) in [6.45, 7) is 9.92. The van der Waals surface area contributed by atoms with Gasteiger partial charge in [0.25, 0.3) is 0 Å². The first kappa shape index (κ1) is 18.5. The van der Waals surface area contributed by atoms with Crippen LogP contribution in [0.1, 0.15) is 38.8 Å². The zero-order chi connectivity index (χ0) is 18.1. The van der Waals surface area contributed by atoms with E-state index in [9.17, 15) is 9.90 Å². The van der Waals surface area contributed by atoms with Crippen LogP contribution >= 0.6 is 11.6 Å². The largest absolute Gasteiger partial charge is 0.481 e. The smallest absolute Gasteiger partial charge is 0.310 e. The van der Waals surface area contributed by atoms with Gasteiger partial charge in [-0.2, -0.15) is 5.10 Å². The number of nitrogens with zero attached hydrogens (tertiary/aromatic N) is 2. The van der Waals surface area contributed by atoms with Gasteiger partial charge in [-0.15, -0.1) is 0 Å². The molecular weight excluding hydrogens is 326 g/mol. The van der Waals surface area contributed by atoms with Crippen LogP contribution in [0.3, 0.4) is 0 Å². The van der Waals surface area contributed by atoms with Crippen molar-refractivity contribution in [3.05, 3.63) is 46.7 Å². The van der Waals surface area contributed by atoms with Gasteiger partial charge in [0.2, 0.25) is 0 Å². The molecule has 24 heavy (non-hydrogen) atoms. The molecule has 0 aliphatic heterocycles. The second-order valence-corrected chi connectivity index (χ2v) is 7.56. The summed E-state index contributed by atoms with van der Waals surface area (Å²) in [6, 6.07) is 6.04. The van der Waals surface area contributed by atoms with E-state index in [1.807, 2.05) is 39.0 Å². The zero-order valence-electron chi connectivity index (χ0n) is 14.7. The van der Waals surface area contributed by atoms with Crippen LogP contribution in [0.15, 0.2) is 30.6 Å². The van der Waals surface area contributed by atoms with E-state index in [0.717, 1.165) is 16.8 Å². The molecule has 0 spiro atoms. The van der Waals surface area contributed by atoms with Crippen molar-refractivity contribution in [3.8, 4) is 5.69 Å².